The Bertz CT molecular complexity index is 615. The lowest BCUT2D eigenvalue weighted by molar-refractivity contribution is -0.0640. The highest BCUT2D eigenvalue weighted by Crippen LogP contribution is 2.28. The normalized spacial score (nSPS) is 19.4. The average molecular weight is 334 g/mol. The molecule has 0 radical (unpaired) electrons. The van der Waals surface area contributed by atoms with Crippen LogP contribution in [0, 0.1) is 0 Å². The van der Waals surface area contributed by atoms with Crippen LogP contribution in [0.3, 0.4) is 0 Å². The Labute approximate surface area is 130 Å². The molecule has 1 aromatic rings. The van der Waals surface area contributed by atoms with Gasteiger partial charge < -0.3 is 9.47 Å². The Hall–Kier alpha value is -0.820. The van der Waals surface area contributed by atoms with E-state index in [1.165, 1.54) is 11.4 Å². The fraction of sp³-hybridized carbons (Fsp3) is 0.571. The van der Waals surface area contributed by atoms with Crippen molar-refractivity contribution in [2.45, 2.75) is 30.2 Å². The number of morpholine rings is 1. The van der Waals surface area contributed by atoms with Crippen LogP contribution in [-0.4, -0.2) is 45.1 Å². The molecule has 0 aromatic heterocycles. The number of halogens is 1. The van der Waals surface area contributed by atoms with Gasteiger partial charge in [-0.25, -0.2) is 8.42 Å². The smallest absolute Gasteiger partial charge is 0.243 e. The summed E-state index contributed by atoms with van der Waals surface area (Å²) >= 11 is 5.86. The van der Waals surface area contributed by atoms with E-state index in [1.54, 1.807) is 18.2 Å². The van der Waals surface area contributed by atoms with E-state index in [-0.39, 0.29) is 10.8 Å². The molecule has 1 fully saturated rings. The minimum absolute atomic E-state index is 0.196. The quantitative estimate of drug-likeness (QED) is 0.793. The number of nitrogens with zero attached hydrogens (tertiary/aromatic N) is 1. The number of benzene rings is 1. The Morgan fingerprint density at radius 2 is 2.14 bits per heavy atom. The van der Waals surface area contributed by atoms with Gasteiger partial charge >= 0.3 is 0 Å². The van der Waals surface area contributed by atoms with Crippen molar-refractivity contribution in [3.8, 4) is 5.75 Å². The van der Waals surface area contributed by atoms with E-state index in [0.717, 1.165) is 0 Å². The number of rotatable bonds is 4. The van der Waals surface area contributed by atoms with Crippen LogP contribution < -0.4 is 4.74 Å². The molecular formula is C14H20ClNO4S. The average Bonchev–Trinajstić information content (AvgIpc) is 2.45. The first-order valence-corrected chi connectivity index (χ1v) is 8.64. The zero-order valence-electron chi connectivity index (χ0n) is 12.4. The van der Waals surface area contributed by atoms with Gasteiger partial charge in [-0.3, -0.25) is 0 Å². The van der Waals surface area contributed by atoms with Gasteiger partial charge in [0, 0.05) is 18.7 Å². The molecule has 1 saturated heterocycles. The van der Waals surface area contributed by atoms with Crippen LogP contribution in [-0.2, 0) is 20.6 Å². The van der Waals surface area contributed by atoms with Crippen LogP contribution in [0.25, 0.3) is 0 Å². The topological polar surface area (TPSA) is 55.8 Å². The molecule has 0 N–H and O–H groups in total. The molecular weight excluding hydrogens is 314 g/mol. The third-order valence-electron chi connectivity index (χ3n) is 3.42. The van der Waals surface area contributed by atoms with Gasteiger partial charge in [-0.2, -0.15) is 4.31 Å². The van der Waals surface area contributed by atoms with Gasteiger partial charge in [0.05, 0.1) is 30.1 Å². The molecule has 0 saturated carbocycles. The van der Waals surface area contributed by atoms with Crippen molar-refractivity contribution in [2.75, 3.05) is 26.8 Å². The summed E-state index contributed by atoms with van der Waals surface area (Å²) in [5, 5.41) is 0. The molecule has 1 aliphatic rings. The Balaban J connectivity index is 2.35. The molecule has 0 amide bonds. The summed E-state index contributed by atoms with van der Waals surface area (Å²) in [4.78, 5) is 0.233. The van der Waals surface area contributed by atoms with E-state index in [4.69, 9.17) is 21.1 Å². The zero-order valence-corrected chi connectivity index (χ0v) is 14.0. The maximum atomic E-state index is 12.7. The highest BCUT2D eigenvalue weighted by molar-refractivity contribution is 7.89. The maximum absolute atomic E-state index is 12.7. The van der Waals surface area contributed by atoms with Crippen molar-refractivity contribution in [1.29, 1.82) is 0 Å². The lowest BCUT2D eigenvalue weighted by Crippen LogP contribution is -2.50. The molecule has 118 valence electrons. The van der Waals surface area contributed by atoms with Crippen molar-refractivity contribution in [3.63, 3.8) is 0 Å². The molecule has 0 aliphatic carbocycles. The Kier molecular flexibility index (Phi) is 4.82. The summed E-state index contributed by atoms with van der Waals surface area (Å²) in [7, 11) is -2.02. The van der Waals surface area contributed by atoms with Gasteiger partial charge in [0.1, 0.15) is 5.75 Å². The Morgan fingerprint density at radius 3 is 2.71 bits per heavy atom. The van der Waals surface area contributed by atoms with E-state index in [9.17, 15) is 8.42 Å². The molecule has 0 bridgehead atoms. The summed E-state index contributed by atoms with van der Waals surface area (Å²) in [5.41, 5.74) is 0.181. The number of alkyl halides is 1. The first-order valence-electron chi connectivity index (χ1n) is 6.67. The molecule has 0 atom stereocenters. The molecule has 1 aliphatic heterocycles. The first kappa shape index (κ1) is 16.5. The van der Waals surface area contributed by atoms with Gasteiger partial charge in [-0.05, 0) is 32.0 Å². The number of methoxy groups -OCH3 is 1. The molecule has 21 heavy (non-hydrogen) atoms. The van der Waals surface area contributed by atoms with Gasteiger partial charge in [0.2, 0.25) is 10.0 Å². The molecule has 1 heterocycles. The second-order valence-electron chi connectivity index (χ2n) is 5.55. The first-order chi connectivity index (χ1) is 9.80. The second kappa shape index (κ2) is 6.12. The van der Waals surface area contributed by atoms with E-state index < -0.39 is 15.6 Å². The highest BCUT2D eigenvalue weighted by Gasteiger charge is 2.35. The number of sulfonamides is 1. The van der Waals surface area contributed by atoms with E-state index in [1.807, 2.05) is 13.8 Å². The van der Waals surface area contributed by atoms with Crippen LogP contribution in [0.2, 0.25) is 0 Å². The standard InChI is InChI=1S/C14H20ClNO4S/c1-14(2)10-16(6-7-20-14)21(17,18)12-4-5-13(19-3)11(8-12)9-15/h4-5,8H,6-7,9-10H2,1-3H3. The number of hydrogen-bond donors (Lipinski definition) is 0. The predicted octanol–water partition coefficient (Wildman–Crippen LogP) is 2.23. The summed E-state index contributed by atoms with van der Waals surface area (Å²) in [6.07, 6.45) is 0. The van der Waals surface area contributed by atoms with Crippen molar-refractivity contribution < 1.29 is 17.9 Å². The lowest BCUT2D eigenvalue weighted by Gasteiger charge is -2.37. The minimum Gasteiger partial charge on any atom is -0.496 e. The summed E-state index contributed by atoms with van der Waals surface area (Å²) in [6, 6.07) is 4.76. The van der Waals surface area contributed by atoms with Crippen molar-refractivity contribution in [2.24, 2.45) is 0 Å². The Morgan fingerprint density at radius 1 is 1.43 bits per heavy atom. The fourth-order valence-corrected chi connectivity index (χ4v) is 4.18. The molecule has 0 unspecified atom stereocenters. The van der Waals surface area contributed by atoms with Gasteiger partial charge in [-0.15, -0.1) is 11.6 Å². The zero-order chi connectivity index (χ0) is 15.7. The van der Waals surface area contributed by atoms with Crippen LogP contribution in [0.15, 0.2) is 23.1 Å². The van der Waals surface area contributed by atoms with Crippen molar-refractivity contribution in [1.82, 2.24) is 4.31 Å². The van der Waals surface area contributed by atoms with Gasteiger partial charge in [0.25, 0.3) is 0 Å². The fourth-order valence-electron chi connectivity index (χ4n) is 2.35. The van der Waals surface area contributed by atoms with E-state index >= 15 is 0 Å². The maximum Gasteiger partial charge on any atom is 0.243 e. The lowest BCUT2D eigenvalue weighted by atomic mass is 10.1. The summed E-state index contributed by atoms with van der Waals surface area (Å²) in [6.45, 7) is 4.84. The van der Waals surface area contributed by atoms with Crippen LogP contribution in [0.1, 0.15) is 19.4 Å². The number of hydrogen-bond acceptors (Lipinski definition) is 4. The molecule has 7 heteroatoms. The third-order valence-corrected chi connectivity index (χ3v) is 5.55. The van der Waals surface area contributed by atoms with Crippen molar-refractivity contribution >= 4 is 21.6 Å². The second-order valence-corrected chi connectivity index (χ2v) is 7.76. The largest absolute Gasteiger partial charge is 0.496 e. The number of ether oxygens (including phenoxy) is 2. The monoisotopic (exact) mass is 333 g/mol. The predicted molar refractivity (Wildman–Crippen MR) is 81.3 cm³/mol. The van der Waals surface area contributed by atoms with E-state index in [2.05, 4.69) is 0 Å². The van der Waals surface area contributed by atoms with Crippen molar-refractivity contribution in [3.05, 3.63) is 23.8 Å². The van der Waals surface area contributed by atoms with E-state index in [0.29, 0.717) is 31.0 Å². The van der Waals surface area contributed by atoms with Crippen LogP contribution in [0.4, 0.5) is 0 Å². The van der Waals surface area contributed by atoms with Gasteiger partial charge in [-0.1, -0.05) is 0 Å². The summed E-state index contributed by atoms with van der Waals surface area (Å²) in [5.74, 6) is 0.785. The minimum atomic E-state index is -3.55. The third kappa shape index (κ3) is 3.51. The molecule has 1 aromatic carbocycles. The summed E-state index contributed by atoms with van der Waals surface area (Å²) < 4.78 is 37.6. The highest BCUT2D eigenvalue weighted by atomic mass is 35.5. The van der Waals surface area contributed by atoms with Gasteiger partial charge in [0.15, 0.2) is 0 Å². The van der Waals surface area contributed by atoms with Crippen LogP contribution in [0.5, 0.6) is 5.75 Å². The molecule has 5 nitrogen and oxygen atoms in total. The SMILES string of the molecule is COc1ccc(S(=O)(=O)N2CCOC(C)(C)C2)cc1CCl. The molecule has 2 rings (SSSR count). The van der Waals surface area contributed by atoms with Crippen LogP contribution >= 0.6 is 11.6 Å². The molecule has 0 spiro atoms.